The predicted octanol–water partition coefficient (Wildman–Crippen LogP) is 2.17. The van der Waals surface area contributed by atoms with Crippen LogP contribution in [-0.2, 0) is 11.3 Å². The number of para-hydroxylation sites is 1. The van der Waals surface area contributed by atoms with Crippen LogP contribution in [0.3, 0.4) is 0 Å². The van der Waals surface area contributed by atoms with E-state index in [0.717, 1.165) is 29.8 Å². The first kappa shape index (κ1) is 11.9. The van der Waals surface area contributed by atoms with Crippen molar-refractivity contribution in [3.8, 4) is 0 Å². The molecule has 2 atom stereocenters. The van der Waals surface area contributed by atoms with Gasteiger partial charge in [-0.2, -0.15) is 0 Å². The van der Waals surface area contributed by atoms with E-state index in [1.165, 1.54) is 0 Å². The van der Waals surface area contributed by atoms with Gasteiger partial charge in [0, 0.05) is 24.8 Å². The Balaban J connectivity index is 2.01. The largest absolute Gasteiger partial charge is 0.381 e. The zero-order valence-corrected chi connectivity index (χ0v) is 11.5. The van der Waals surface area contributed by atoms with Crippen molar-refractivity contribution in [3.63, 3.8) is 0 Å². The van der Waals surface area contributed by atoms with Crippen molar-refractivity contribution >= 4 is 5.69 Å². The van der Waals surface area contributed by atoms with E-state index >= 15 is 0 Å². The summed E-state index contributed by atoms with van der Waals surface area (Å²) in [6, 6.07) is 18.4. The number of likely N-dealkylation sites (N-methyl/N-ethyl adjacent to an activating group) is 1. The Morgan fingerprint density at radius 1 is 1.05 bits per heavy atom. The van der Waals surface area contributed by atoms with Crippen molar-refractivity contribution in [1.29, 1.82) is 0 Å². The lowest BCUT2D eigenvalue weighted by atomic mass is 9.81. The number of aliphatic hydroxyl groups is 1. The van der Waals surface area contributed by atoms with Crippen LogP contribution in [0.1, 0.15) is 17.5 Å². The Hall–Kier alpha value is -1.84. The monoisotopic (exact) mass is 266 g/mol. The van der Waals surface area contributed by atoms with Crippen molar-refractivity contribution in [2.45, 2.75) is 17.7 Å². The lowest BCUT2D eigenvalue weighted by molar-refractivity contribution is -0.0181. The number of nitrogens with one attached hydrogen (secondary N) is 1. The third-order valence-electron chi connectivity index (χ3n) is 4.87. The van der Waals surface area contributed by atoms with Crippen LogP contribution in [0, 0.1) is 0 Å². The van der Waals surface area contributed by atoms with E-state index in [9.17, 15) is 5.11 Å². The number of hydrogen-bond donors (Lipinski definition) is 2. The summed E-state index contributed by atoms with van der Waals surface area (Å²) in [6.45, 7) is 0.810. The minimum Gasteiger partial charge on any atom is -0.381 e. The molecule has 2 aromatic carbocycles. The molecule has 3 nitrogen and oxygen atoms in total. The van der Waals surface area contributed by atoms with Gasteiger partial charge in [0.05, 0.1) is 0 Å². The van der Waals surface area contributed by atoms with Crippen LogP contribution >= 0.6 is 0 Å². The van der Waals surface area contributed by atoms with Crippen LogP contribution in [0.5, 0.6) is 0 Å². The minimum atomic E-state index is -0.875. The van der Waals surface area contributed by atoms with Gasteiger partial charge in [-0.1, -0.05) is 48.5 Å². The first-order valence-corrected chi connectivity index (χ1v) is 7.06. The van der Waals surface area contributed by atoms with E-state index in [2.05, 4.69) is 35.5 Å². The summed E-state index contributed by atoms with van der Waals surface area (Å²) >= 11 is 0. The summed E-state index contributed by atoms with van der Waals surface area (Å²) in [7, 11) is 2.06. The summed E-state index contributed by atoms with van der Waals surface area (Å²) in [5, 5.41) is 15.0. The molecular weight excluding hydrogens is 248 g/mol. The zero-order chi connectivity index (χ0) is 13.8. The second-order valence-electron chi connectivity index (χ2n) is 5.69. The van der Waals surface area contributed by atoms with Crippen LogP contribution in [0.25, 0.3) is 0 Å². The molecule has 1 fully saturated rings. The molecule has 2 aromatic rings. The molecule has 0 radical (unpaired) electrons. The second kappa shape index (κ2) is 3.84. The fourth-order valence-electron chi connectivity index (χ4n) is 3.99. The van der Waals surface area contributed by atoms with Gasteiger partial charge in [-0.25, -0.2) is 0 Å². The molecule has 2 N–H and O–H groups in total. The quantitative estimate of drug-likeness (QED) is 0.830. The van der Waals surface area contributed by atoms with Crippen LogP contribution in [0.2, 0.25) is 0 Å². The predicted molar refractivity (Wildman–Crippen MR) is 79.5 cm³/mol. The fraction of sp³-hybridized carbons (Fsp3) is 0.294. The molecule has 0 bridgehead atoms. The lowest BCUT2D eigenvalue weighted by Crippen LogP contribution is -2.57. The molecule has 0 saturated carbocycles. The van der Waals surface area contributed by atoms with E-state index in [0.29, 0.717) is 0 Å². The van der Waals surface area contributed by atoms with Gasteiger partial charge < -0.3 is 10.0 Å². The third kappa shape index (κ3) is 1.18. The average molecular weight is 266 g/mol. The lowest BCUT2D eigenvalue weighted by Gasteiger charge is -2.42. The molecule has 4 rings (SSSR count). The van der Waals surface area contributed by atoms with Gasteiger partial charge in [0.1, 0.15) is 5.60 Å². The second-order valence-corrected chi connectivity index (χ2v) is 5.69. The number of fused-ring (bicyclic) bond motifs is 3. The van der Waals surface area contributed by atoms with E-state index in [4.69, 9.17) is 0 Å². The standard InChI is InChI=1S/C17H18N2O/c1-19-15-10-6-5-9-14(15)16(20)11-12-18-17(16,19)13-7-3-2-4-8-13/h2-10,18,20H,11-12H2,1H3/t16-,17-/m0/s1. The molecule has 0 aromatic heterocycles. The molecule has 1 saturated heterocycles. The number of rotatable bonds is 1. The zero-order valence-electron chi connectivity index (χ0n) is 11.5. The molecule has 102 valence electrons. The van der Waals surface area contributed by atoms with Gasteiger partial charge in [0.25, 0.3) is 0 Å². The fourth-order valence-corrected chi connectivity index (χ4v) is 3.99. The molecule has 0 amide bonds. The molecule has 20 heavy (non-hydrogen) atoms. The van der Waals surface area contributed by atoms with Gasteiger partial charge >= 0.3 is 0 Å². The SMILES string of the molecule is CN1c2ccccc2[C@@]2(O)CCN[C@@]12c1ccccc1. The van der Waals surface area contributed by atoms with E-state index < -0.39 is 11.3 Å². The summed E-state index contributed by atoms with van der Waals surface area (Å²) < 4.78 is 0. The molecule has 2 aliphatic rings. The van der Waals surface area contributed by atoms with Gasteiger partial charge in [-0.3, -0.25) is 5.32 Å². The van der Waals surface area contributed by atoms with Crippen molar-refractivity contribution in [2.24, 2.45) is 0 Å². The number of benzene rings is 2. The molecule has 2 heterocycles. The van der Waals surface area contributed by atoms with Crippen molar-refractivity contribution in [2.75, 3.05) is 18.5 Å². The maximum atomic E-state index is 11.5. The topological polar surface area (TPSA) is 35.5 Å². The van der Waals surface area contributed by atoms with Crippen LogP contribution in [0.15, 0.2) is 54.6 Å². The molecule has 0 aliphatic carbocycles. The third-order valence-corrected chi connectivity index (χ3v) is 4.87. The summed E-state index contributed by atoms with van der Waals surface area (Å²) in [5.74, 6) is 0. The maximum Gasteiger partial charge on any atom is 0.151 e. The van der Waals surface area contributed by atoms with Gasteiger partial charge in [-0.15, -0.1) is 0 Å². The van der Waals surface area contributed by atoms with E-state index in [-0.39, 0.29) is 0 Å². The Kier molecular flexibility index (Phi) is 2.29. The molecule has 3 heteroatoms. The number of anilines is 1. The van der Waals surface area contributed by atoms with Gasteiger partial charge in [0.2, 0.25) is 0 Å². The maximum absolute atomic E-state index is 11.5. The number of hydrogen-bond acceptors (Lipinski definition) is 3. The molecular formula is C17H18N2O. The van der Waals surface area contributed by atoms with Crippen LogP contribution < -0.4 is 10.2 Å². The summed E-state index contributed by atoms with van der Waals surface area (Å²) in [6.07, 6.45) is 0.725. The Morgan fingerprint density at radius 3 is 2.55 bits per heavy atom. The molecule has 0 unspecified atom stereocenters. The number of nitrogens with zero attached hydrogens (tertiary/aromatic N) is 1. The first-order chi connectivity index (χ1) is 9.70. The Labute approximate surface area is 118 Å². The average Bonchev–Trinajstić information content (AvgIpc) is 2.94. The Morgan fingerprint density at radius 2 is 1.75 bits per heavy atom. The van der Waals surface area contributed by atoms with Crippen molar-refractivity contribution in [1.82, 2.24) is 5.32 Å². The van der Waals surface area contributed by atoms with E-state index in [1.807, 2.05) is 36.4 Å². The molecule has 0 spiro atoms. The highest BCUT2D eigenvalue weighted by molar-refractivity contribution is 5.67. The van der Waals surface area contributed by atoms with Gasteiger partial charge in [-0.05, 0) is 18.1 Å². The van der Waals surface area contributed by atoms with Crippen molar-refractivity contribution < 1.29 is 5.11 Å². The highest BCUT2D eigenvalue weighted by Gasteiger charge is 2.63. The smallest absolute Gasteiger partial charge is 0.151 e. The highest BCUT2D eigenvalue weighted by atomic mass is 16.3. The Bertz CT molecular complexity index is 657. The van der Waals surface area contributed by atoms with Crippen molar-refractivity contribution in [3.05, 3.63) is 65.7 Å². The molecule has 2 aliphatic heterocycles. The van der Waals surface area contributed by atoms with Crippen LogP contribution in [0.4, 0.5) is 5.69 Å². The van der Waals surface area contributed by atoms with E-state index in [1.54, 1.807) is 0 Å². The summed E-state index contributed by atoms with van der Waals surface area (Å²) in [4.78, 5) is 2.19. The minimum absolute atomic E-state index is 0.558. The van der Waals surface area contributed by atoms with Gasteiger partial charge in [0.15, 0.2) is 5.66 Å². The first-order valence-electron chi connectivity index (χ1n) is 7.06. The van der Waals surface area contributed by atoms with Crippen LogP contribution in [-0.4, -0.2) is 18.7 Å². The normalized spacial score (nSPS) is 31.2. The highest BCUT2D eigenvalue weighted by Crippen LogP contribution is 2.57. The summed E-state index contributed by atoms with van der Waals surface area (Å²) in [5.41, 5.74) is 1.80.